The van der Waals surface area contributed by atoms with E-state index in [0.717, 1.165) is 5.69 Å². The molecular weight excluding hydrogens is 374 g/mol. The number of nitrogens with one attached hydrogen (secondary N) is 1. The third kappa shape index (κ3) is 3.93. The number of amides is 2. The van der Waals surface area contributed by atoms with Gasteiger partial charge in [-0.1, -0.05) is 11.2 Å². The molecule has 0 radical (unpaired) electrons. The van der Waals surface area contributed by atoms with E-state index in [1.54, 1.807) is 17.2 Å². The van der Waals surface area contributed by atoms with Crippen LogP contribution in [0.25, 0.3) is 0 Å². The molecule has 0 fully saturated rings. The summed E-state index contributed by atoms with van der Waals surface area (Å²) >= 11 is 0. The van der Waals surface area contributed by atoms with Gasteiger partial charge in [-0.25, -0.2) is 4.98 Å². The predicted octanol–water partition coefficient (Wildman–Crippen LogP) is 1.60. The molecule has 4 heterocycles. The quantitative estimate of drug-likeness (QED) is 0.649. The average molecular weight is 393 g/mol. The standard InChI is InChI=1S/C20H19N5O4/c1-28-19-13(11-22-18(26)16-6-9-29-24-16)10-15-17(23-19)12-25(20(15)27)8-5-14-4-2-3-7-21-14/h2-4,6-7,9-10H,5,8,11-12H2,1H3,(H,22,26). The lowest BCUT2D eigenvalue weighted by Gasteiger charge is -2.14. The highest BCUT2D eigenvalue weighted by atomic mass is 16.5. The summed E-state index contributed by atoms with van der Waals surface area (Å²) in [6.07, 6.45) is 3.73. The monoisotopic (exact) mass is 393 g/mol. The van der Waals surface area contributed by atoms with Crippen molar-refractivity contribution in [2.45, 2.75) is 19.5 Å². The Hall–Kier alpha value is -3.75. The molecule has 4 rings (SSSR count). The molecule has 0 aliphatic carbocycles. The Morgan fingerprint density at radius 1 is 1.34 bits per heavy atom. The minimum absolute atomic E-state index is 0.0878. The van der Waals surface area contributed by atoms with Crippen molar-refractivity contribution in [2.24, 2.45) is 0 Å². The van der Waals surface area contributed by atoms with Gasteiger partial charge in [-0.15, -0.1) is 0 Å². The van der Waals surface area contributed by atoms with Crippen molar-refractivity contribution in [1.82, 2.24) is 25.3 Å². The van der Waals surface area contributed by atoms with Gasteiger partial charge in [-0.3, -0.25) is 14.6 Å². The van der Waals surface area contributed by atoms with Crippen LogP contribution in [0, 0.1) is 0 Å². The number of hydrogen-bond acceptors (Lipinski definition) is 7. The molecule has 148 valence electrons. The summed E-state index contributed by atoms with van der Waals surface area (Å²) in [5.41, 5.74) is 2.91. The normalized spacial score (nSPS) is 12.7. The fraction of sp³-hybridized carbons (Fsp3) is 0.250. The number of aromatic nitrogens is 3. The molecule has 9 heteroatoms. The van der Waals surface area contributed by atoms with Crippen LogP contribution in [0.5, 0.6) is 5.88 Å². The maximum atomic E-state index is 12.8. The van der Waals surface area contributed by atoms with Crippen molar-refractivity contribution in [3.05, 3.63) is 71.0 Å². The van der Waals surface area contributed by atoms with Crippen LogP contribution in [0.15, 0.2) is 47.3 Å². The minimum Gasteiger partial charge on any atom is -0.481 e. The number of carbonyl (C=O) groups excluding carboxylic acids is 2. The molecule has 1 aliphatic rings. The van der Waals surface area contributed by atoms with Gasteiger partial charge in [0.1, 0.15) is 6.26 Å². The van der Waals surface area contributed by atoms with Gasteiger partial charge in [0.25, 0.3) is 11.8 Å². The molecule has 29 heavy (non-hydrogen) atoms. The average Bonchev–Trinajstić information content (AvgIpc) is 3.39. The Morgan fingerprint density at radius 2 is 2.24 bits per heavy atom. The Balaban J connectivity index is 1.46. The summed E-state index contributed by atoms with van der Waals surface area (Å²) in [5.74, 6) is -0.0941. The number of pyridine rings is 2. The second kappa shape index (κ2) is 8.09. The molecule has 0 unspecified atom stereocenters. The smallest absolute Gasteiger partial charge is 0.273 e. The number of carbonyl (C=O) groups is 2. The van der Waals surface area contributed by atoms with Crippen LogP contribution in [0.3, 0.4) is 0 Å². The zero-order valence-electron chi connectivity index (χ0n) is 15.8. The predicted molar refractivity (Wildman–Crippen MR) is 101 cm³/mol. The van der Waals surface area contributed by atoms with Gasteiger partial charge in [0.15, 0.2) is 5.69 Å². The number of fused-ring (bicyclic) bond motifs is 1. The lowest BCUT2D eigenvalue weighted by Crippen LogP contribution is -2.26. The summed E-state index contributed by atoms with van der Waals surface area (Å²) in [6, 6.07) is 8.92. The van der Waals surface area contributed by atoms with E-state index < -0.39 is 0 Å². The second-order valence-corrected chi connectivity index (χ2v) is 6.52. The van der Waals surface area contributed by atoms with E-state index in [1.165, 1.54) is 19.4 Å². The van der Waals surface area contributed by atoms with Crippen molar-refractivity contribution < 1.29 is 18.8 Å². The lowest BCUT2D eigenvalue weighted by atomic mass is 10.1. The van der Waals surface area contributed by atoms with Crippen LogP contribution in [0.4, 0.5) is 0 Å². The molecule has 0 spiro atoms. The molecular formula is C20H19N5O4. The molecule has 3 aromatic rings. The first-order valence-electron chi connectivity index (χ1n) is 9.10. The summed E-state index contributed by atoms with van der Waals surface area (Å²) in [6.45, 7) is 1.12. The highest BCUT2D eigenvalue weighted by Crippen LogP contribution is 2.27. The highest BCUT2D eigenvalue weighted by Gasteiger charge is 2.30. The van der Waals surface area contributed by atoms with Crippen LogP contribution in [-0.4, -0.2) is 45.5 Å². The van der Waals surface area contributed by atoms with Crippen LogP contribution in [-0.2, 0) is 19.5 Å². The maximum Gasteiger partial charge on any atom is 0.273 e. The number of nitrogens with zero attached hydrogens (tertiary/aromatic N) is 4. The van der Waals surface area contributed by atoms with Crippen LogP contribution >= 0.6 is 0 Å². The van der Waals surface area contributed by atoms with E-state index in [4.69, 9.17) is 4.74 Å². The van der Waals surface area contributed by atoms with Gasteiger partial charge in [-0.2, -0.15) is 0 Å². The maximum absolute atomic E-state index is 12.8. The molecule has 9 nitrogen and oxygen atoms in total. The Morgan fingerprint density at radius 3 is 2.97 bits per heavy atom. The molecule has 2 amide bonds. The first-order valence-corrected chi connectivity index (χ1v) is 9.10. The Labute approximate surface area is 166 Å². The number of ether oxygens (including phenoxy) is 1. The zero-order chi connectivity index (χ0) is 20.2. The van der Waals surface area contributed by atoms with E-state index in [1.807, 2.05) is 18.2 Å². The molecule has 0 bridgehead atoms. The molecule has 1 aliphatic heterocycles. The fourth-order valence-electron chi connectivity index (χ4n) is 3.18. The van der Waals surface area contributed by atoms with Gasteiger partial charge in [0.05, 0.1) is 24.9 Å². The van der Waals surface area contributed by atoms with E-state index in [0.29, 0.717) is 42.2 Å². The van der Waals surface area contributed by atoms with E-state index >= 15 is 0 Å². The number of rotatable bonds is 7. The summed E-state index contributed by atoms with van der Waals surface area (Å²) in [4.78, 5) is 35.4. The summed E-state index contributed by atoms with van der Waals surface area (Å²) in [5, 5.41) is 6.32. The lowest BCUT2D eigenvalue weighted by molar-refractivity contribution is 0.0779. The number of hydrogen-bond donors (Lipinski definition) is 1. The third-order valence-corrected chi connectivity index (χ3v) is 4.67. The van der Waals surface area contributed by atoms with Crippen molar-refractivity contribution >= 4 is 11.8 Å². The highest BCUT2D eigenvalue weighted by molar-refractivity contribution is 5.98. The van der Waals surface area contributed by atoms with Crippen molar-refractivity contribution in [2.75, 3.05) is 13.7 Å². The summed E-state index contributed by atoms with van der Waals surface area (Å²) < 4.78 is 10.0. The summed E-state index contributed by atoms with van der Waals surface area (Å²) in [7, 11) is 1.51. The molecule has 0 saturated heterocycles. The van der Waals surface area contributed by atoms with Gasteiger partial charge in [-0.05, 0) is 18.2 Å². The largest absolute Gasteiger partial charge is 0.481 e. The molecule has 0 atom stereocenters. The van der Waals surface area contributed by atoms with Crippen molar-refractivity contribution in [1.29, 1.82) is 0 Å². The fourth-order valence-corrected chi connectivity index (χ4v) is 3.18. The van der Waals surface area contributed by atoms with Gasteiger partial charge in [0.2, 0.25) is 5.88 Å². The van der Waals surface area contributed by atoms with Crippen molar-refractivity contribution in [3.8, 4) is 5.88 Å². The Kier molecular flexibility index (Phi) is 5.19. The Bertz CT molecular complexity index is 1020. The van der Waals surface area contributed by atoms with E-state index in [2.05, 4.69) is 25.0 Å². The topological polar surface area (TPSA) is 110 Å². The first-order chi connectivity index (χ1) is 14.2. The SMILES string of the molecule is COc1nc2c(cc1CNC(=O)c1ccon1)C(=O)N(CCc1ccccn1)C2. The van der Waals surface area contributed by atoms with Crippen LogP contribution < -0.4 is 10.1 Å². The van der Waals surface area contributed by atoms with Crippen molar-refractivity contribution in [3.63, 3.8) is 0 Å². The van der Waals surface area contributed by atoms with Crippen LogP contribution in [0.1, 0.15) is 37.8 Å². The minimum atomic E-state index is -0.385. The second-order valence-electron chi connectivity index (χ2n) is 6.52. The first kappa shape index (κ1) is 18.6. The zero-order valence-corrected chi connectivity index (χ0v) is 15.8. The molecule has 0 aromatic carbocycles. The van der Waals surface area contributed by atoms with E-state index in [9.17, 15) is 9.59 Å². The van der Waals surface area contributed by atoms with Gasteiger partial charge >= 0.3 is 0 Å². The molecule has 3 aromatic heterocycles. The number of methoxy groups -OCH3 is 1. The van der Waals surface area contributed by atoms with Gasteiger partial charge < -0.3 is 19.5 Å². The van der Waals surface area contributed by atoms with Gasteiger partial charge in [0, 0.05) is 43.0 Å². The third-order valence-electron chi connectivity index (χ3n) is 4.67. The molecule has 1 N–H and O–H groups in total. The van der Waals surface area contributed by atoms with E-state index in [-0.39, 0.29) is 24.1 Å². The molecule has 0 saturated carbocycles. The van der Waals surface area contributed by atoms with Crippen LogP contribution in [0.2, 0.25) is 0 Å².